The molecule has 4 rings (SSSR count). The summed E-state index contributed by atoms with van der Waals surface area (Å²) in [6, 6.07) is 15.7. The third kappa shape index (κ3) is 2.57. The summed E-state index contributed by atoms with van der Waals surface area (Å²) in [4.78, 5) is 26.7. The lowest BCUT2D eigenvalue weighted by Gasteiger charge is -2.29. The Hall–Kier alpha value is -3.54. The smallest absolute Gasteiger partial charge is 0.201 e. The number of carbonyl (C=O) groups excluding carboxylic acids is 2. The minimum absolute atomic E-state index is 0.147. The molecule has 0 radical (unpaired) electrons. The molecule has 0 spiro atoms. The molecule has 1 N–H and O–H groups in total. The molecule has 1 aliphatic carbocycles. The summed E-state index contributed by atoms with van der Waals surface area (Å²) in [5.74, 6) is -2.11. The highest BCUT2D eigenvalue weighted by atomic mass is 19.1. The highest BCUT2D eigenvalue weighted by Crippen LogP contribution is 2.41. The summed E-state index contributed by atoms with van der Waals surface area (Å²) in [6.45, 7) is 0. The Labute approximate surface area is 159 Å². The Morgan fingerprint density at radius 1 is 0.857 bits per heavy atom. The third-order valence-electron chi connectivity index (χ3n) is 4.87. The van der Waals surface area contributed by atoms with Crippen LogP contribution < -0.4 is 10.1 Å². The first-order chi connectivity index (χ1) is 13.5. The molecule has 0 saturated heterocycles. The minimum Gasteiger partial charge on any atom is -0.497 e. The van der Waals surface area contributed by atoms with Gasteiger partial charge in [-0.3, -0.25) is 9.59 Å². The van der Waals surface area contributed by atoms with Gasteiger partial charge in [-0.25, -0.2) is 8.78 Å². The van der Waals surface area contributed by atoms with E-state index in [0.29, 0.717) is 17.4 Å². The number of benzene rings is 3. The Kier molecular flexibility index (Phi) is 4.19. The molecule has 0 heterocycles. The summed E-state index contributed by atoms with van der Waals surface area (Å²) in [5.41, 5.74) is -1.17. The second-order valence-electron chi connectivity index (χ2n) is 6.43. The van der Waals surface area contributed by atoms with Gasteiger partial charge in [0.15, 0.2) is 5.54 Å². The van der Waals surface area contributed by atoms with Crippen molar-refractivity contribution in [3.8, 4) is 5.75 Å². The van der Waals surface area contributed by atoms with E-state index in [0.717, 1.165) is 6.07 Å². The predicted octanol–water partition coefficient (Wildman–Crippen LogP) is 4.36. The Morgan fingerprint density at radius 2 is 1.46 bits per heavy atom. The molecule has 0 aromatic heterocycles. The zero-order chi connectivity index (χ0) is 19.9. The molecule has 0 unspecified atom stereocenters. The number of hydrogen-bond acceptors (Lipinski definition) is 4. The van der Waals surface area contributed by atoms with Crippen LogP contribution in [0.25, 0.3) is 0 Å². The van der Waals surface area contributed by atoms with E-state index in [1.165, 1.54) is 13.2 Å². The number of hydrogen-bond donors (Lipinski definition) is 1. The van der Waals surface area contributed by atoms with Gasteiger partial charge in [0, 0.05) is 17.2 Å². The average Bonchev–Trinajstić information content (AvgIpc) is 2.93. The van der Waals surface area contributed by atoms with Crippen molar-refractivity contribution in [3.63, 3.8) is 0 Å². The van der Waals surface area contributed by atoms with Gasteiger partial charge in [0.05, 0.1) is 12.8 Å². The van der Waals surface area contributed by atoms with E-state index in [9.17, 15) is 18.4 Å². The molecule has 0 saturated carbocycles. The van der Waals surface area contributed by atoms with Gasteiger partial charge >= 0.3 is 0 Å². The SMILES string of the molecule is COc1ccc(C2(Nc3ccc(F)cc3F)C(=O)c3ccccc3C2=O)cc1. The summed E-state index contributed by atoms with van der Waals surface area (Å²) in [7, 11) is 1.50. The molecule has 140 valence electrons. The average molecular weight is 379 g/mol. The van der Waals surface area contributed by atoms with E-state index in [-0.39, 0.29) is 16.8 Å². The van der Waals surface area contributed by atoms with Crippen molar-refractivity contribution in [2.24, 2.45) is 0 Å². The number of anilines is 1. The molecule has 28 heavy (non-hydrogen) atoms. The first-order valence-electron chi connectivity index (χ1n) is 8.54. The van der Waals surface area contributed by atoms with Crippen LogP contribution in [0, 0.1) is 11.6 Å². The van der Waals surface area contributed by atoms with Crippen LogP contribution in [0.4, 0.5) is 14.5 Å². The molecular weight excluding hydrogens is 364 g/mol. The topological polar surface area (TPSA) is 55.4 Å². The number of ketones is 2. The zero-order valence-corrected chi connectivity index (χ0v) is 14.8. The first kappa shape index (κ1) is 17.9. The highest BCUT2D eigenvalue weighted by Gasteiger charge is 2.54. The van der Waals surface area contributed by atoms with Crippen molar-refractivity contribution in [2.75, 3.05) is 12.4 Å². The molecule has 6 heteroatoms. The largest absolute Gasteiger partial charge is 0.497 e. The lowest BCUT2D eigenvalue weighted by atomic mass is 9.84. The lowest BCUT2D eigenvalue weighted by Crippen LogP contribution is -2.46. The number of fused-ring (bicyclic) bond motifs is 1. The van der Waals surface area contributed by atoms with Crippen LogP contribution in [0.1, 0.15) is 26.3 Å². The van der Waals surface area contributed by atoms with Crippen molar-refractivity contribution in [2.45, 2.75) is 5.54 Å². The summed E-state index contributed by atoms with van der Waals surface area (Å²) in [6.07, 6.45) is 0. The van der Waals surface area contributed by atoms with Crippen LogP contribution in [0.2, 0.25) is 0 Å². The van der Waals surface area contributed by atoms with Crippen molar-refractivity contribution in [1.82, 2.24) is 0 Å². The minimum atomic E-state index is -1.85. The summed E-state index contributed by atoms with van der Waals surface area (Å²) in [5, 5.41) is 2.77. The van der Waals surface area contributed by atoms with Gasteiger partial charge in [-0.1, -0.05) is 36.4 Å². The van der Waals surface area contributed by atoms with Crippen molar-refractivity contribution in [3.05, 3.63) is 95.1 Å². The first-order valence-corrected chi connectivity index (χ1v) is 8.54. The molecule has 1 aliphatic rings. The van der Waals surface area contributed by atoms with Crippen LogP contribution in [0.15, 0.2) is 66.7 Å². The van der Waals surface area contributed by atoms with E-state index in [2.05, 4.69) is 5.32 Å². The monoisotopic (exact) mass is 379 g/mol. The maximum absolute atomic E-state index is 14.3. The Balaban J connectivity index is 1.91. The van der Waals surface area contributed by atoms with Crippen LogP contribution in [0.3, 0.4) is 0 Å². The third-order valence-corrected chi connectivity index (χ3v) is 4.87. The van der Waals surface area contributed by atoms with Crippen LogP contribution in [0.5, 0.6) is 5.75 Å². The molecule has 0 atom stereocenters. The quantitative estimate of drug-likeness (QED) is 0.685. The molecule has 4 nitrogen and oxygen atoms in total. The lowest BCUT2D eigenvalue weighted by molar-refractivity contribution is 0.0818. The second kappa shape index (κ2) is 6.56. The van der Waals surface area contributed by atoms with E-state index in [1.54, 1.807) is 48.5 Å². The maximum Gasteiger partial charge on any atom is 0.201 e. The number of rotatable bonds is 4. The van der Waals surface area contributed by atoms with Crippen molar-refractivity contribution < 1.29 is 23.1 Å². The Morgan fingerprint density at radius 3 is 2.00 bits per heavy atom. The van der Waals surface area contributed by atoms with Crippen LogP contribution in [-0.2, 0) is 5.54 Å². The fourth-order valence-corrected chi connectivity index (χ4v) is 3.47. The van der Waals surface area contributed by atoms with Crippen LogP contribution >= 0.6 is 0 Å². The van der Waals surface area contributed by atoms with Gasteiger partial charge in [-0.15, -0.1) is 0 Å². The summed E-state index contributed by atoms with van der Waals surface area (Å²) >= 11 is 0. The highest BCUT2D eigenvalue weighted by molar-refractivity contribution is 6.34. The van der Waals surface area contributed by atoms with E-state index >= 15 is 0 Å². The van der Waals surface area contributed by atoms with E-state index < -0.39 is 28.7 Å². The normalized spacial score (nSPS) is 14.7. The van der Waals surface area contributed by atoms with Gasteiger partial charge in [0.1, 0.15) is 17.4 Å². The van der Waals surface area contributed by atoms with E-state index in [1.807, 2.05) is 0 Å². The number of methoxy groups -OCH3 is 1. The van der Waals surface area contributed by atoms with Crippen molar-refractivity contribution >= 4 is 17.3 Å². The molecule has 3 aromatic rings. The fraction of sp³-hybridized carbons (Fsp3) is 0.0909. The second-order valence-corrected chi connectivity index (χ2v) is 6.43. The molecule has 0 amide bonds. The number of halogens is 2. The fourth-order valence-electron chi connectivity index (χ4n) is 3.47. The Bertz CT molecular complexity index is 1060. The molecule has 3 aromatic carbocycles. The van der Waals surface area contributed by atoms with Gasteiger partial charge in [-0.05, 0) is 29.8 Å². The molecule has 0 bridgehead atoms. The van der Waals surface area contributed by atoms with Crippen molar-refractivity contribution in [1.29, 1.82) is 0 Å². The maximum atomic E-state index is 14.3. The zero-order valence-electron chi connectivity index (χ0n) is 14.8. The van der Waals surface area contributed by atoms with Gasteiger partial charge < -0.3 is 10.1 Å². The van der Waals surface area contributed by atoms with Gasteiger partial charge in [0.25, 0.3) is 0 Å². The molecule has 0 aliphatic heterocycles. The summed E-state index contributed by atoms with van der Waals surface area (Å²) < 4.78 is 32.8. The number of ether oxygens (including phenoxy) is 1. The molecule has 0 fully saturated rings. The number of nitrogens with one attached hydrogen (secondary N) is 1. The number of carbonyl (C=O) groups is 2. The number of Topliss-reactive ketones (excluding diaryl/α,β-unsaturated/α-hetero) is 2. The van der Waals surface area contributed by atoms with Gasteiger partial charge in [0.2, 0.25) is 11.6 Å². The predicted molar refractivity (Wildman–Crippen MR) is 99.8 cm³/mol. The van der Waals surface area contributed by atoms with E-state index in [4.69, 9.17) is 4.74 Å². The van der Waals surface area contributed by atoms with Gasteiger partial charge in [-0.2, -0.15) is 0 Å². The van der Waals surface area contributed by atoms with Crippen LogP contribution in [-0.4, -0.2) is 18.7 Å². The standard InChI is InChI=1S/C22H15F2NO3/c1-28-15-9-6-13(7-10-15)22(25-19-11-8-14(23)12-18(19)24)20(26)16-4-2-3-5-17(16)21(22)27/h2-12,25H,1H3. The molecular formula is C22H15F2NO3.